The highest BCUT2D eigenvalue weighted by Crippen LogP contribution is 2.25. The van der Waals surface area contributed by atoms with Crippen LogP contribution in [-0.4, -0.2) is 137 Å². The van der Waals surface area contributed by atoms with Crippen molar-refractivity contribution in [3.8, 4) is 5.75 Å². The summed E-state index contributed by atoms with van der Waals surface area (Å²) in [5, 5.41) is 11.1. The smallest absolute Gasteiger partial charge is 0.120 e. The maximum absolute atomic E-state index is 8.58. The lowest BCUT2D eigenvalue weighted by atomic mass is 10.0. The number of benzene rings is 2. The fourth-order valence-electron chi connectivity index (χ4n) is 4.15. The molecule has 2 aromatic rings. The Morgan fingerprint density at radius 1 is 0.489 bits per heavy atom. The Labute approximate surface area is 269 Å². The van der Waals surface area contributed by atoms with Crippen LogP contribution in [0.5, 0.6) is 5.75 Å². The Kier molecular flexibility index (Phi) is 25.7. The number of unbranched alkanes of at least 4 members (excludes halogenated alkanes) is 1. The zero-order chi connectivity index (χ0) is 31.9. The fraction of sp³-hybridized carbons (Fsp3) is 0.706. The van der Waals surface area contributed by atoms with Crippen molar-refractivity contribution < 1.29 is 52.5 Å². The van der Waals surface area contributed by atoms with E-state index in [4.69, 9.17) is 52.5 Å². The molecule has 0 atom stereocenters. The first-order valence-electron chi connectivity index (χ1n) is 16.3. The number of aliphatic hydroxyl groups is 1. The van der Waals surface area contributed by atoms with E-state index in [1.54, 1.807) is 0 Å². The number of rotatable bonds is 33. The van der Waals surface area contributed by atoms with Crippen molar-refractivity contribution in [2.24, 2.45) is 0 Å². The Bertz CT molecular complexity index is 930. The van der Waals surface area contributed by atoms with E-state index in [-0.39, 0.29) is 6.61 Å². The third-order valence-electron chi connectivity index (χ3n) is 6.45. The number of hydrogen-bond donors (Lipinski definition) is 1. The molecule has 0 aliphatic heterocycles. The van der Waals surface area contributed by atoms with Crippen LogP contribution >= 0.6 is 0 Å². The molecule has 11 heteroatoms. The maximum atomic E-state index is 8.58. The number of ether oxygens (including phenoxy) is 10. The van der Waals surface area contributed by atoms with Gasteiger partial charge in [-0.05, 0) is 41.3 Å². The summed E-state index contributed by atoms with van der Waals surface area (Å²) in [6.07, 6.45) is 3.52. The van der Waals surface area contributed by atoms with Crippen LogP contribution < -0.4 is 4.74 Å². The zero-order valence-electron chi connectivity index (χ0n) is 27.3. The Balaban J connectivity index is 1.25. The monoisotopic (exact) mass is 640 g/mol. The van der Waals surface area contributed by atoms with Crippen LogP contribution in [0.1, 0.15) is 25.3 Å². The summed E-state index contributed by atoms with van der Waals surface area (Å²) in [6, 6.07) is 12.8. The summed E-state index contributed by atoms with van der Waals surface area (Å²) in [5.41, 5.74) is 1.40. The van der Waals surface area contributed by atoms with Gasteiger partial charge in [0.25, 0.3) is 0 Å². The minimum Gasteiger partial charge on any atom is -0.491 e. The van der Waals surface area contributed by atoms with Gasteiger partial charge < -0.3 is 52.5 Å². The van der Waals surface area contributed by atoms with Gasteiger partial charge in [-0.25, -0.2) is 0 Å². The maximum Gasteiger partial charge on any atom is 0.120 e. The van der Waals surface area contributed by atoms with Crippen LogP contribution in [0.25, 0.3) is 10.8 Å². The molecule has 2 aromatic carbocycles. The molecule has 0 saturated carbocycles. The minimum atomic E-state index is 0.0270. The molecule has 0 fully saturated rings. The minimum absolute atomic E-state index is 0.0270. The van der Waals surface area contributed by atoms with Crippen molar-refractivity contribution >= 4 is 10.8 Å². The molecule has 11 nitrogen and oxygen atoms in total. The van der Waals surface area contributed by atoms with Crippen LogP contribution in [0.4, 0.5) is 0 Å². The third-order valence-corrected chi connectivity index (χ3v) is 6.45. The van der Waals surface area contributed by atoms with E-state index in [9.17, 15) is 0 Å². The number of aryl methyl sites for hydroxylation is 1. The van der Waals surface area contributed by atoms with E-state index in [1.165, 1.54) is 29.2 Å². The molecule has 258 valence electrons. The van der Waals surface area contributed by atoms with Gasteiger partial charge in [0.15, 0.2) is 0 Å². The van der Waals surface area contributed by atoms with E-state index in [0.29, 0.717) is 126 Å². The summed E-state index contributed by atoms with van der Waals surface area (Å²) in [7, 11) is 0. The van der Waals surface area contributed by atoms with Gasteiger partial charge >= 0.3 is 0 Å². The van der Waals surface area contributed by atoms with Crippen molar-refractivity contribution in [3.05, 3.63) is 42.0 Å². The lowest BCUT2D eigenvalue weighted by molar-refractivity contribution is -0.0258. The molecule has 0 aliphatic rings. The topological polar surface area (TPSA) is 113 Å². The predicted octanol–water partition coefficient (Wildman–Crippen LogP) is 3.70. The van der Waals surface area contributed by atoms with Crippen molar-refractivity contribution in [1.29, 1.82) is 0 Å². The van der Waals surface area contributed by atoms with Gasteiger partial charge in [0.1, 0.15) is 12.4 Å². The van der Waals surface area contributed by atoms with Crippen molar-refractivity contribution in [2.45, 2.75) is 26.2 Å². The standard InChI is InChI=1S/C34H56O11/c1-2-3-5-31-6-4-7-32-30-33(8-9-34(31)32)45-29-28-44-27-26-43-25-24-42-23-22-41-21-20-40-19-18-39-17-16-38-15-14-37-13-12-36-11-10-35/h4,6-9,30,35H,2-3,5,10-29H2,1H3. The third kappa shape index (κ3) is 21.5. The fourth-order valence-corrected chi connectivity index (χ4v) is 4.15. The van der Waals surface area contributed by atoms with Gasteiger partial charge in [-0.1, -0.05) is 37.6 Å². The molecule has 0 bridgehead atoms. The molecule has 0 aliphatic carbocycles. The quantitative estimate of drug-likeness (QED) is 0.115. The van der Waals surface area contributed by atoms with Gasteiger partial charge in [-0.3, -0.25) is 0 Å². The van der Waals surface area contributed by atoms with Gasteiger partial charge in [0.2, 0.25) is 0 Å². The zero-order valence-corrected chi connectivity index (χ0v) is 27.3. The highest BCUT2D eigenvalue weighted by atomic mass is 16.6. The highest BCUT2D eigenvalue weighted by molar-refractivity contribution is 5.87. The lowest BCUT2D eigenvalue weighted by Gasteiger charge is -2.10. The molecule has 0 spiro atoms. The molecule has 1 N–H and O–H groups in total. The summed E-state index contributed by atoms with van der Waals surface area (Å²) in [5.74, 6) is 0.865. The van der Waals surface area contributed by atoms with E-state index >= 15 is 0 Å². The first-order valence-corrected chi connectivity index (χ1v) is 16.3. The molecule has 45 heavy (non-hydrogen) atoms. The molecule has 2 rings (SSSR count). The van der Waals surface area contributed by atoms with Gasteiger partial charge in [0.05, 0.1) is 126 Å². The van der Waals surface area contributed by atoms with E-state index in [1.807, 2.05) is 6.07 Å². The molecular weight excluding hydrogens is 584 g/mol. The van der Waals surface area contributed by atoms with Gasteiger partial charge in [-0.2, -0.15) is 0 Å². The van der Waals surface area contributed by atoms with E-state index in [0.717, 1.165) is 12.2 Å². The molecule has 0 heterocycles. The largest absolute Gasteiger partial charge is 0.491 e. The van der Waals surface area contributed by atoms with E-state index in [2.05, 4.69) is 37.3 Å². The normalized spacial score (nSPS) is 11.5. The van der Waals surface area contributed by atoms with Crippen molar-refractivity contribution in [2.75, 3.05) is 132 Å². The molecule has 0 saturated heterocycles. The highest BCUT2D eigenvalue weighted by Gasteiger charge is 2.03. The molecular formula is C34H56O11. The summed E-state index contributed by atoms with van der Waals surface area (Å²) in [4.78, 5) is 0. The van der Waals surface area contributed by atoms with Crippen LogP contribution in [-0.2, 0) is 49.1 Å². The van der Waals surface area contributed by atoms with Crippen LogP contribution in [0.15, 0.2) is 36.4 Å². The SMILES string of the molecule is CCCCc1cccc2cc(OCCOCCOCCOCCOCCOCCOCCOCCOCCOCCO)ccc12. The molecule has 0 amide bonds. The first-order chi connectivity index (χ1) is 22.3. The van der Waals surface area contributed by atoms with Gasteiger partial charge in [-0.15, -0.1) is 0 Å². The molecule has 0 aromatic heterocycles. The first kappa shape index (κ1) is 39.3. The van der Waals surface area contributed by atoms with Crippen molar-refractivity contribution in [3.63, 3.8) is 0 Å². The predicted molar refractivity (Wildman–Crippen MR) is 173 cm³/mol. The van der Waals surface area contributed by atoms with E-state index < -0.39 is 0 Å². The Hall–Kier alpha value is -1.90. The van der Waals surface area contributed by atoms with Gasteiger partial charge in [0, 0.05) is 0 Å². The summed E-state index contributed by atoms with van der Waals surface area (Å²) in [6.45, 7) is 11.7. The Morgan fingerprint density at radius 3 is 1.33 bits per heavy atom. The van der Waals surface area contributed by atoms with Crippen LogP contribution in [0.3, 0.4) is 0 Å². The number of fused-ring (bicyclic) bond motifs is 1. The summed E-state index contributed by atoms with van der Waals surface area (Å²) < 4.78 is 54.8. The van der Waals surface area contributed by atoms with Crippen molar-refractivity contribution in [1.82, 2.24) is 0 Å². The second kappa shape index (κ2) is 29.5. The number of aliphatic hydroxyl groups excluding tert-OH is 1. The van der Waals surface area contributed by atoms with Crippen LogP contribution in [0, 0.1) is 0 Å². The average Bonchev–Trinajstić information content (AvgIpc) is 3.06. The average molecular weight is 641 g/mol. The number of hydrogen-bond acceptors (Lipinski definition) is 11. The molecule has 0 unspecified atom stereocenters. The molecule has 0 radical (unpaired) electrons. The summed E-state index contributed by atoms with van der Waals surface area (Å²) >= 11 is 0. The second-order valence-corrected chi connectivity index (χ2v) is 9.99. The van der Waals surface area contributed by atoms with Crippen LogP contribution in [0.2, 0.25) is 0 Å². The lowest BCUT2D eigenvalue weighted by Crippen LogP contribution is -2.15. The Morgan fingerprint density at radius 2 is 0.911 bits per heavy atom. The second-order valence-electron chi connectivity index (χ2n) is 9.99.